The molecule has 0 bridgehead atoms. The van der Waals surface area contributed by atoms with Gasteiger partial charge in [-0.25, -0.2) is 8.42 Å². The normalized spacial score (nSPS) is 13.6. The van der Waals surface area contributed by atoms with E-state index >= 15 is 0 Å². The Bertz CT molecular complexity index is 339. The van der Waals surface area contributed by atoms with Gasteiger partial charge < -0.3 is 11.1 Å². The van der Waals surface area contributed by atoms with Crippen LogP contribution in [-0.2, 0) is 14.6 Å². The summed E-state index contributed by atoms with van der Waals surface area (Å²) in [7, 11) is -3.31. The molecule has 0 aliphatic rings. The third kappa shape index (κ3) is 8.47. The van der Waals surface area contributed by atoms with E-state index in [9.17, 15) is 13.2 Å². The van der Waals surface area contributed by atoms with Crippen molar-refractivity contribution in [1.82, 2.24) is 5.32 Å². The first kappa shape index (κ1) is 17.4. The monoisotopic (exact) mass is 278 g/mol. The van der Waals surface area contributed by atoms with Crippen molar-refractivity contribution in [2.45, 2.75) is 46.1 Å². The van der Waals surface area contributed by atoms with Gasteiger partial charge in [-0.15, -0.1) is 0 Å². The SMILES string of the molecule is CCCCC(CN)NC(=O)CS(=O)(=O)CC(C)C. The van der Waals surface area contributed by atoms with Gasteiger partial charge in [0.05, 0.1) is 5.75 Å². The molecule has 3 N–H and O–H groups in total. The van der Waals surface area contributed by atoms with Crippen LogP contribution in [0, 0.1) is 5.92 Å². The summed E-state index contributed by atoms with van der Waals surface area (Å²) in [6, 6.07) is -0.119. The zero-order chi connectivity index (χ0) is 14.2. The van der Waals surface area contributed by atoms with Crippen LogP contribution >= 0.6 is 0 Å². The molecule has 0 fully saturated rings. The molecule has 0 aromatic heterocycles. The van der Waals surface area contributed by atoms with Crippen LogP contribution in [0.1, 0.15) is 40.0 Å². The highest BCUT2D eigenvalue weighted by molar-refractivity contribution is 7.92. The van der Waals surface area contributed by atoms with Gasteiger partial charge in [0.2, 0.25) is 5.91 Å². The van der Waals surface area contributed by atoms with E-state index < -0.39 is 21.5 Å². The summed E-state index contributed by atoms with van der Waals surface area (Å²) in [6.45, 7) is 6.04. The second-order valence-electron chi connectivity index (χ2n) is 5.09. The molecule has 0 radical (unpaired) electrons. The number of carbonyl (C=O) groups is 1. The van der Waals surface area contributed by atoms with E-state index in [0.717, 1.165) is 19.3 Å². The fourth-order valence-electron chi connectivity index (χ4n) is 1.74. The minimum atomic E-state index is -3.31. The van der Waals surface area contributed by atoms with Gasteiger partial charge in [0.1, 0.15) is 5.75 Å². The predicted octanol–water partition coefficient (Wildman–Crippen LogP) is 0.691. The minimum Gasteiger partial charge on any atom is -0.351 e. The van der Waals surface area contributed by atoms with Crippen LogP contribution in [0.2, 0.25) is 0 Å². The maximum Gasteiger partial charge on any atom is 0.235 e. The van der Waals surface area contributed by atoms with E-state index in [1.165, 1.54) is 0 Å². The van der Waals surface area contributed by atoms with Crippen molar-refractivity contribution >= 4 is 15.7 Å². The number of amides is 1. The van der Waals surface area contributed by atoms with Gasteiger partial charge in [-0.3, -0.25) is 4.79 Å². The molecule has 0 rings (SSSR count). The van der Waals surface area contributed by atoms with Crippen molar-refractivity contribution in [2.24, 2.45) is 11.7 Å². The second kappa shape index (κ2) is 8.48. The predicted molar refractivity (Wildman–Crippen MR) is 74.0 cm³/mol. The van der Waals surface area contributed by atoms with Crippen LogP contribution in [0.3, 0.4) is 0 Å². The van der Waals surface area contributed by atoms with Crippen LogP contribution in [0.25, 0.3) is 0 Å². The van der Waals surface area contributed by atoms with Crippen molar-refractivity contribution in [1.29, 1.82) is 0 Å². The highest BCUT2D eigenvalue weighted by Gasteiger charge is 2.19. The van der Waals surface area contributed by atoms with Crippen molar-refractivity contribution < 1.29 is 13.2 Å². The van der Waals surface area contributed by atoms with Gasteiger partial charge >= 0.3 is 0 Å². The molecule has 1 amide bonds. The average Bonchev–Trinajstić information content (AvgIpc) is 2.21. The summed E-state index contributed by atoms with van der Waals surface area (Å²) in [5.41, 5.74) is 5.54. The maximum absolute atomic E-state index is 11.6. The number of nitrogens with two attached hydrogens (primary N) is 1. The molecule has 0 aromatic rings. The zero-order valence-corrected chi connectivity index (χ0v) is 12.4. The summed E-state index contributed by atoms with van der Waals surface area (Å²) < 4.78 is 23.3. The number of hydrogen-bond donors (Lipinski definition) is 2. The molecule has 0 spiro atoms. The van der Waals surface area contributed by atoms with E-state index in [1.807, 2.05) is 13.8 Å². The Kier molecular flexibility index (Phi) is 8.18. The molecule has 1 atom stereocenters. The standard InChI is InChI=1S/C12H26N2O3S/c1-4-5-6-11(7-13)14-12(15)9-18(16,17)8-10(2)3/h10-11H,4-9,13H2,1-3H3,(H,14,15). The molecular formula is C12H26N2O3S. The van der Waals surface area contributed by atoms with Crippen LogP contribution in [0.5, 0.6) is 0 Å². The van der Waals surface area contributed by atoms with Crippen molar-refractivity contribution in [3.05, 3.63) is 0 Å². The second-order valence-corrected chi connectivity index (χ2v) is 7.20. The summed E-state index contributed by atoms with van der Waals surface area (Å²) in [5, 5.41) is 2.69. The van der Waals surface area contributed by atoms with Crippen molar-refractivity contribution in [3.8, 4) is 0 Å². The Morgan fingerprint density at radius 2 is 1.94 bits per heavy atom. The lowest BCUT2D eigenvalue weighted by Crippen LogP contribution is -2.43. The number of sulfone groups is 1. The fraction of sp³-hybridized carbons (Fsp3) is 0.917. The van der Waals surface area contributed by atoms with Crippen LogP contribution in [0.4, 0.5) is 0 Å². The fourth-order valence-corrected chi connectivity index (χ4v) is 3.35. The molecule has 5 nitrogen and oxygen atoms in total. The van der Waals surface area contributed by atoms with Gasteiger partial charge in [-0.05, 0) is 12.3 Å². The quantitative estimate of drug-likeness (QED) is 0.649. The van der Waals surface area contributed by atoms with Crippen LogP contribution in [-0.4, -0.2) is 38.4 Å². The summed E-state index contributed by atoms with van der Waals surface area (Å²) in [5.74, 6) is -0.799. The lowest BCUT2D eigenvalue weighted by Gasteiger charge is -2.16. The van der Waals surface area contributed by atoms with Gasteiger partial charge in [0.25, 0.3) is 0 Å². The van der Waals surface area contributed by atoms with Crippen LogP contribution < -0.4 is 11.1 Å². The smallest absolute Gasteiger partial charge is 0.235 e. The topological polar surface area (TPSA) is 89.3 Å². The minimum absolute atomic E-state index is 0.0354. The van der Waals surface area contributed by atoms with Gasteiger partial charge in [-0.1, -0.05) is 33.6 Å². The summed E-state index contributed by atoms with van der Waals surface area (Å²) in [6.07, 6.45) is 2.79. The summed E-state index contributed by atoms with van der Waals surface area (Å²) >= 11 is 0. The number of hydrogen-bond acceptors (Lipinski definition) is 4. The first-order valence-corrected chi connectivity index (χ1v) is 8.32. The number of carbonyl (C=O) groups excluding carboxylic acids is 1. The molecule has 0 saturated heterocycles. The molecule has 1 unspecified atom stereocenters. The first-order valence-electron chi connectivity index (χ1n) is 6.50. The Balaban J connectivity index is 4.23. The van der Waals surface area contributed by atoms with Gasteiger partial charge in [0, 0.05) is 12.6 Å². The third-order valence-electron chi connectivity index (χ3n) is 2.49. The zero-order valence-electron chi connectivity index (χ0n) is 11.6. The van der Waals surface area contributed by atoms with E-state index in [0.29, 0.717) is 6.54 Å². The molecular weight excluding hydrogens is 252 g/mol. The maximum atomic E-state index is 11.6. The van der Waals surface area contributed by atoms with E-state index in [4.69, 9.17) is 5.73 Å². The highest BCUT2D eigenvalue weighted by Crippen LogP contribution is 2.02. The van der Waals surface area contributed by atoms with Crippen molar-refractivity contribution in [2.75, 3.05) is 18.1 Å². The summed E-state index contributed by atoms with van der Waals surface area (Å²) in [4.78, 5) is 11.6. The molecule has 0 aliphatic heterocycles. The van der Waals surface area contributed by atoms with E-state index in [1.54, 1.807) is 0 Å². The third-order valence-corrected chi connectivity index (χ3v) is 4.37. The average molecular weight is 278 g/mol. The van der Waals surface area contributed by atoms with E-state index in [2.05, 4.69) is 12.2 Å². The molecule has 0 saturated carbocycles. The largest absolute Gasteiger partial charge is 0.351 e. The lowest BCUT2D eigenvalue weighted by atomic mass is 10.1. The Morgan fingerprint density at radius 1 is 1.33 bits per heavy atom. The van der Waals surface area contributed by atoms with Gasteiger partial charge in [0.15, 0.2) is 9.84 Å². The number of rotatable bonds is 9. The van der Waals surface area contributed by atoms with E-state index in [-0.39, 0.29) is 17.7 Å². The van der Waals surface area contributed by atoms with Crippen molar-refractivity contribution in [3.63, 3.8) is 0 Å². The lowest BCUT2D eigenvalue weighted by molar-refractivity contribution is -0.119. The molecule has 0 aliphatic carbocycles. The number of unbranched alkanes of at least 4 members (excludes halogenated alkanes) is 1. The molecule has 0 aromatic carbocycles. The van der Waals surface area contributed by atoms with Crippen LogP contribution in [0.15, 0.2) is 0 Å². The first-order chi connectivity index (χ1) is 8.30. The number of nitrogens with one attached hydrogen (secondary N) is 1. The highest BCUT2D eigenvalue weighted by atomic mass is 32.2. The Morgan fingerprint density at radius 3 is 2.39 bits per heavy atom. The molecule has 6 heteroatoms. The molecule has 0 heterocycles. The molecule has 18 heavy (non-hydrogen) atoms. The molecule has 108 valence electrons. The Labute approximate surface area is 110 Å². The van der Waals surface area contributed by atoms with Gasteiger partial charge in [-0.2, -0.15) is 0 Å². The Hall–Kier alpha value is -0.620.